The normalized spacial score (nSPS) is 20.3. The number of H-pyrrole nitrogens is 1. The summed E-state index contributed by atoms with van der Waals surface area (Å²) < 4.78 is 5.56. The van der Waals surface area contributed by atoms with Gasteiger partial charge >= 0.3 is 0 Å². The number of nitrogens with zero attached hydrogens (tertiary/aromatic N) is 2. The number of likely N-dealkylation sites (tertiary alicyclic amines) is 1. The summed E-state index contributed by atoms with van der Waals surface area (Å²) in [6, 6.07) is 11.4. The SMILES string of the molecule is Cc1cc(CC2CN(C(=O)CCOc3ccccc3)CC2O)n[nH]1. The second-order valence-corrected chi connectivity index (χ2v) is 6.28. The van der Waals surface area contributed by atoms with Crippen LogP contribution < -0.4 is 4.74 Å². The van der Waals surface area contributed by atoms with Gasteiger partial charge in [-0.3, -0.25) is 9.89 Å². The zero-order valence-corrected chi connectivity index (χ0v) is 13.8. The average molecular weight is 329 g/mol. The molecule has 2 aromatic rings. The van der Waals surface area contributed by atoms with Crippen molar-refractivity contribution < 1.29 is 14.6 Å². The van der Waals surface area contributed by atoms with Gasteiger partial charge in [0.1, 0.15) is 5.75 Å². The fourth-order valence-corrected chi connectivity index (χ4v) is 3.04. The third-order valence-corrected chi connectivity index (χ3v) is 4.32. The topological polar surface area (TPSA) is 78.5 Å². The number of aliphatic hydroxyl groups is 1. The van der Waals surface area contributed by atoms with E-state index in [-0.39, 0.29) is 11.8 Å². The van der Waals surface area contributed by atoms with E-state index in [0.29, 0.717) is 32.5 Å². The van der Waals surface area contributed by atoms with Crippen LogP contribution in [0.1, 0.15) is 17.8 Å². The Hall–Kier alpha value is -2.34. The zero-order chi connectivity index (χ0) is 16.9. The van der Waals surface area contributed by atoms with Crippen molar-refractivity contribution in [2.75, 3.05) is 19.7 Å². The number of carbonyl (C=O) groups excluding carboxylic acids is 1. The highest BCUT2D eigenvalue weighted by Crippen LogP contribution is 2.22. The van der Waals surface area contributed by atoms with Crippen LogP contribution in [0, 0.1) is 12.8 Å². The third kappa shape index (κ3) is 4.14. The van der Waals surface area contributed by atoms with Crippen molar-refractivity contribution in [1.82, 2.24) is 15.1 Å². The van der Waals surface area contributed by atoms with Crippen LogP contribution in [0.25, 0.3) is 0 Å². The minimum atomic E-state index is -0.499. The molecule has 0 radical (unpaired) electrons. The van der Waals surface area contributed by atoms with Gasteiger partial charge in [-0.25, -0.2) is 0 Å². The van der Waals surface area contributed by atoms with Crippen LogP contribution in [-0.2, 0) is 11.2 Å². The number of aromatic nitrogens is 2. The molecular weight excluding hydrogens is 306 g/mol. The van der Waals surface area contributed by atoms with Gasteiger partial charge in [-0.15, -0.1) is 0 Å². The van der Waals surface area contributed by atoms with Gasteiger partial charge in [0.2, 0.25) is 5.91 Å². The zero-order valence-electron chi connectivity index (χ0n) is 13.8. The lowest BCUT2D eigenvalue weighted by molar-refractivity contribution is -0.131. The van der Waals surface area contributed by atoms with Crippen molar-refractivity contribution in [3.63, 3.8) is 0 Å². The van der Waals surface area contributed by atoms with Crippen molar-refractivity contribution in [2.45, 2.75) is 25.9 Å². The molecule has 2 atom stereocenters. The average Bonchev–Trinajstić information content (AvgIpc) is 3.15. The standard InChI is InChI=1S/C18H23N3O3/c1-13-9-15(20-19-13)10-14-11-21(12-17(14)22)18(23)7-8-24-16-5-3-2-4-6-16/h2-6,9,14,17,22H,7-8,10-12H2,1H3,(H,19,20). The van der Waals surface area contributed by atoms with Gasteiger partial charge in [-0.2, -0.15) is 5.10 Å². The Morgan fingerprint density at radius 2 is 2.17 bits per heavy atom. The highest BCUT2D eigenvalue weighted by atomic mass is 16.5. The molecule has 1 aromatic heterocycles. The molecule has 128 valence electrons. The molecule has 0 spiro atoms. The molecule has 1 aliphatic rings. The van der Waals surface area contributed by atoms with Gasteiger partial charge < -0.3 is 14.7 Å². The van der Waals surface area contributed by atoms with Crippen LogP contribution in [0.5, 0.6) is 5.75 Å². The summed E-state index contributed by atoms with van der Waals surface area (Å²) in [5, 5.41) is 17.3. The second kappa shape index (κ2) is 7.49. The lowest BCUT2D eigenvalue weighted by Gasteiger charge is -2.16. The Morgan fingerprint density at radius 3 is 2.88 bits per heavy atom. The number of aryl methyl sites for hydroxylation is 1. The number of ether oxygens (including phenoxy) is 1. The summed E-state index contributed by atoms with van der Waals surface area (Å²) in [4.78, 5) is 14.0. The van der Waals surface area contributed by atoms with Crippen LogP contribution in [-0.4, -0.2) is 51.9 Å². The molecule has 0 bridgehead atoms. The first-order valence-electron chi connectivity index (χ1n) is 8.26. The van der Waals surface area contributed by atoms with Gasteiger partial charge in [0.05, 0.1) is 24.8 Å². The van der Waals surface area contributed by atoms with Crippen LogP contribution in [0.15, 0.2) is 36.4 Å². The maximum absolute atomic E-state index is 12.3. The molecule has 1 saturated heterocycles. The lowest BCUT2D eigenvalue weighted by Crippen LogP contribution is -2.30. The molecule has 2 heterocycles. The number of benzene rings is 1. The highest BCUT2D eigenvalue weighted by Gasteiger charge is 2.34. The predicted molar refractivity (Wildman–Crippen MR) is 89.7 cm³/mol. The van der Waals surface area contributed by atoms with Crippen LogP contribution >= 0.6 is 0 Å². The number of carbonyl (C=O) groups is 1. The van der Waals surface area contributed by atoms with E-state index in [1.165, 1.54) is 0 Å². The Labute approximate surface area is 141 Å². The van der Waals surface area contributed by atoms with Crippen LogP contribution in [0.2, 0.25) is 0 Å². The van der Waals surface area contributed by atoms with Crippen molar-refractivity contribution in [3.05, 3.63) is 47.8 Å². The monoisotopic (exact) mass is 329 g/mol. The second-order valence-electron chi connectivity index (χ2n) is 6.28. The third-order valence-electron chi connectivity index (χ3n) is 4.32. The summed E-state index contributed by atoms with van der Waals surface area (Å²) in [7, 11) is 0. The molecule has 1 aromatic carbocycles. The first-order chi connectivity index (χ1) is 11.6. The minimum absolute atomic E-state index is 0.0192. The molecule has 1 aliphatic heterocycles. The fraction of sp³-hybridized carbons (Fsp3) is 0.444. The van der Waals surface area contributed by atoms with Crippen molar-refractivity contribution in [2.24, 2.45) is 5.92 Å². The largest absolute Gasteiger partial charge is 0.493 e. The molecule has 2 N–H and O–H groups in total. The van der Waals surface area contributed by atoms with E-state index in [0.717, 1.165) is 17.1 Å². The molecule has 1 fully saturated rings. The number of hydrogen-bond acceptors (Lipinski definition) is 4. The number of para-hydroxylation sites is 1. The van der Waals surface area contributed by atoms with E-state index in [1.54, 1.807) is 4.90 Å². The Kier molecular flexibility index (Phi) is 5.15. The van der Waals surface area contributed by atoms with Crippen molar-refractivity contribution in [3.8, 4) is 5.75 Å². The number of amides is 1. The maximum atomic E-state index is 12.3. The quantitative estimate of drug-likeness (QED) is 0.843. The van der Waals surface area contributed by atoms with E-state index in [4.69, 9.17) is 4.74 Å². The number of aliphatic hydroxyl groups excluding tert-OH is 1. The maximum Gasteiger partial charge on any atom is 0.226 e. The predicted octanol–water partition coefficient (Wildman–Crippen LogP) is 1.55. The lowest BCUT2D eigenvalue weighted by atomic mass is 10.0. The number of hydrogen-bond donors (Lipinski definition) is 2. The molecule has 6 heteroatoms. The minimum Gasteiger partial charge on any atom is -0.493 e. The fourth-order valence-electron chi connectivity index (χ4n) is 3.04. The summed E-state index contributed by atoms with van der Waals surface area (Å²) in [6.45, 7) is 3.25. The smallest absolute Gasteiger partial charge is 0.226 e. The molecule has 3 rings (SSSR count). The first-order valence-corrected chi connectivity index (χ1v) is 8.26. The van der Waals surface area contributed by atoms with Gasteiger partial charge in [-0.1, -0.05) is 18.2 Å². The van der Waals surface area contributed by atoms with E-state index in [9.17, 15) is 9.90 Å². The van der Waals surface area contributed by atoms with Crippen molar-refractivity contribution >= 4 is 5.91 Å². The van der Waals surface area contributed by atoms with Crippen LogP contribution in [0.4, 0.5) is 0 Å². The first kappa shape index (κ1) is 16.5. The summed E-state index contributed by atoms with van der Waals surface area (Å²) in [5.41, 5.74) is 1.93. The van der Waals surface area contributed by atoms with E-state index in [1.807, 2.05) is 43.3 Å². The van der Waals surface area contributed by atoms with E-state index in [2.05, 4.69) is 10.2 Å². The number of rotatable bonds is 6. The molecule has 6 nitrogen and oxygen atoms in total. The van der Waals surface area contributed by atoms with Gasteiger partial charge in [-0.05, 0) is 31.5 Å². The van der Waals surface area contributed by atoms with Crippen LogP contribution in [0.3, 0.4) is 0 Å². The van der Waals surface area contributed by atoms with Crippen molar-refractivity contribution in [1.29, 1.82) is 0 Å². The number of nitrogens with one attached hydrogen (secondary N) is 1. The molecule has 24 heavy (non-hydrogen) atoms. The Morgan fingerprint density at radius 1 is 1.38 bits per heavy atom. The summed E-state index contributed by atoms with van der Waals surface area (Å²) in [5.74, 6) is 0.816. The van der Waals surface area contributed by atoms with Gasteiger partial charge in [0.15, 0.2) is 0 Å². The number of β-amino-alcohol motifs (C(OH)–C–C–N with tert-alkyl or cyclic N) is 1. The summed E-state index contributed by atoms with van der Waals surface area (Å²) >= 11 is 0. The van der Waals surface area contributed by atoms with E-state index < -0.39 is 6.10 Å². The molecule has 2 unspecified atom stereocenters. The molecule has 1 amide bonds. The molecule has 0 aliphatic carbocycles. The molecular formula is C18H23N3O3. The highest BCUT2D eigenvalue weighted by molar-refractivity contribution is 5.76. The van der Waals surface area contributed by atoms with Gasteiger partial charge in [0.25, 0.3) is 0 Å². The Balaban J connectivity index is 1.46. The summed E-state index contributed by atoms with van der Waals surface area (Å²) in [6.07, 6.45) is 0.493. The van der Waals surface area contributed by atoms with E-state index >= 15 is 0 Å². The molecule has 0 saturated carbocycles. The number of aromatic amines is 1. The van der Waals surface area contributed by atoms with Gasteiger partial charge in [0, 0.05) is 24.7 Å². The Bertz CT molecular complexity index is 671.